The minimum atomic E-state index is 0.313. The van der Waals surface area contributed by atoms with E-state index in [9.17, 15) is 0 Å². The Hall–Kier alpha value is -0.580. The van der Waals surface area contributed by atoms with E-state index in [2.05, 4.69) is 34.2 Å². The van der Waals surface area contributed by atoms with E-state index in [1.807, 2.05) is 12.1 Å². The molecule has 1 aromatic carbocycles. The number of halogens is 1. The highest BCUT2D eigenvalue weighted by Gasteiger charge is 2.20. The van der Waals surface area contributed by atoms with Crippen LogP contribution in [0.3, 0.4) is 0 Å². The van der Waals surface area contributed by atoms with Crippen molar-refractivity contribution in [3.05, 3.63) is 28.2 Å². The van der Waals surface area contributed by atoms with E-state index in [0.717, 1.165) is 36.2 Å². The molecule has 0 saturated carbocycles. The first-order valence-corrected chi connectivity index (χ1v) is 8.72. The van der Waals surface area contributed by atoms with Crippen molar-refractivity contribution < 1.29 is 9.47 Å². The third-order valence-corrected chi connectivity index (χ3v) is 4.56. The molecule has 4 heteroatoms. The van der Waals surface area contributed by atoms with Gasteiger partial charge in [0.25, 0.3) is 0 Å². The summed E-state index contributed by atoms with van der Waals surface area (Å²) in [6, 6.07) is 6.53. The van der Waals surface area contributed by atoms with Gasteiger partial charge in [-0.05, 0) is 56.8 Å². The normalized spacial score (nSPS) is 20.2. The molecule has 0 radical (unpaired) electrons. The molecule has 2 rings (SSSR count). The van der Waals surface area contributed by atoms with Crippen LogP contribution in [0.1, 0.15) is 50.6 Å². The van der Waals surface area contributed by atoms with Gasteiger partial charge in [0, 0.05) is 22.7 Å². The van der Waals surface area contributed by atoms with Crippen molar-refractivity contribution in [3.8, 4) is 5.75 Å². The Kier molecular flexibility index (Phi) is 7.00. The van der Waals surface area contributed by atoms with Gasteiger partial charge in [0.1, 0.15) is 5.75 Å². The summed E-state index contributed by atoms with van der Waals surface area (Å²) in [6.07, 6.45) is 6.33. The molecule has 1 aromatic rings. The van der Waals surface area contributed by atoms with E-state index < -0.39 is 0 Å². The van der Waals surface area contributed by atoms with Crippen LogP contribution in [-0.2, 0) is 4.74 Å². The zero-order valence-corrected chi connectivity index (χ0v) is 14.6. The molecule has 0 aromatic heterocycles. The van der Waals surface area contributed by atoms with Crippen molar-refractivity contribution in [2.75, 3.05) is 20.3 Å². The third kappa shape index (κ3) is 4.97. The number of hydrogen-bond acceptors (Lipinski definition) is 3. The predicted molar refractivity (Wildman–Crippen MR) is 89.9 cm³/mol. The molecule has 1 fully saturated rings. The number of methoxy groups -OCH3 is 1. The Balaban J connectivity index is 2.05. The molecular weight excluding hydrogens is 330 g/mol. The van der Waals surface area contributed by atoms with Gasteiger partial charge in [-0.1, -0.05) is 22.9 Å². The van der Waals surface area contributed by atoms with E-state index in [1.54, 1.807) is 7.11 Å². The number of ether oxygens (including phenoxy) is 2. The second kappa shape index (κ2) is 8.76. The topological polar surface area (TPSA) is 30.5 Å². The zero-order chi connectivity index (χ0) is 15.1. The zero-order valence-electron chi connectivity index (χ0n) is 13.0. The van der Waals surface area contributed by atoms with Gasteiger partial charge in [-0.25, -0.2) is 0 Å². The van der Waals surface area contributed by atoms with Gasteiger partial charge in [-0.2, -0.15) is 0 Å². The summed E-state index contributed by atoms with van der Waals surface area (Å²) in [4.78, 5) is 0. The van der Waals surface area contributed by atoms with E-state index in [1.165, 1.54) is 24.8 Å². The molecular formula is C17H26BrNO2. The van der Waals surface area contributed by atoms with Crippen LogP contribution < -0.4 is 10.1 Å². The van der Waals surface area contributed by atoms with Crippen LogP contribution in [0.2, 0.25) is 0 Å². The quantitative estimate of drug-likeness (QED) is 0.783. The van der Waals surface area contributed by atoms with E-state index in [0.29, 0.717) is 12.1 Å². The molecule has 0 aliphatic carbocycles. The maximum atomic E-state index is 5.85. The molecule has 1 N–H and O–H groups in total. The highest BCUT2D eigenvalue weighted by molar-refractivity contribution is 9.10. The van der Waals surface area contributed by atoms with Gasteiger partial charge in [0.15, 0.2) is 0 Å². The van der Waals surface area contributed by atoms with Crippen LogP contribution in [0.15, 0.2) is 22.7 Å². The van der Waals surface area contributed by atoms with Crippen molar-refractivity contribution >= 4 is 15.9 Å². The average molecular weight is 356 g/mol. The van der Waals surface area contributed by atoms with Crippen molar-refractivity contribution in [1.82, 2.24) is 5.32 Å². The van der Waals surface area contributed by atoms with Gasteiger partial charge < -0.3 is 14.8 Å². The minimum absolute atomic E-state index is 0.313. The van der Waals surface area contributed by atoms with Crippen molar-refractivity contribution in [2.24, 2.45) is 0 Å². The second-order valence-corrected chi connectivity index (χ2v) is 6.48. The van der Waals surface area contributed by atoms with E-state index in [4.69, 9.17) is 9.47 Å². The molecule has 0 bridgehead atoms. The Morgan fingerprint density at radius 3 is 2.95 bits per heavy atom. The second-order valence-electron chi connectivity index (χ2n) is 5.56. The van der Waals surface area contributed by atoms with Crippen molar-refractivity contribution in [3.63, 3.8) is 0 Å². The van der Waals surface area contributed by atoms with E-state index >= 15 is 0 Å². The predicted octanol–water partition coefficient (Wildman–Crippen LogP) is 4.46. The third-order valence-electron chi connectivity index (χ3n) is 4.07. The molecule has 1 aliphatic heterocycles. The molecule has 2 unspecified atom stereocenters. The first-order valence-electron chi connectivity index (χ1n) is 7.93. The van der Waals surface area contributed by atoms with Crippen LogP contribution in [0.25, 0.3) is 0 Å². The van der Waals surface area contributed by atoms with Crippen LogP contribution in [0.4, 0.5) is 0 Å². The van der Waals surface area contributed by atoms with Crippen LogP contribution in [-0.4, -0.2) is 26.4 Å². The molecule has 1 saturated heterocycles. The summed E-state index contributed by atoms with van der Waals surface area (Å²) in [7, 11) is 1.74. The summed E-state index contributed by atoms with van der Waals surface area (Å²) < 4.78 is 12.5. The fourth-order valence-electron chi connectivity index (χ4n) is 2.98. The lowest BCUT2D eigenvalue weighted by Gasteiger charge is -2.26. The lowest BCUT2D eigenvalue weighted by atomic mass is 9.96. The summed E-state index contributed by atoms with van der Waals surface area (Å²) in [5, 5.41) is 3.58. The summed E-state index contributed by atoms with van der Waals surface area (Å²) >= 11 is 3.56. The average Bonchev–Trinajstić information content (AvgIpc) is 2.52. The monoisotopic (exact) mass is 355 g/mol. The van der Waals surface area contributed by atoms with Gasteiger partial charge in [0.05, 0.1) is 13.2 Å². The highest BCUT2D eigenvalue weighted by atomic mass is 79.9. The summed E-state index contributed by atoms with van der Waals surface area (Å²) in [6.45, 7) is 4.02. The number of benzene rings is 1. The lowest BCUT2D eigenvalue weighted by Crippen LogP contribution is -2.25. The fraction of sp³-hybridized carbons (Fsp3) is 0.647. The molecule has 21 heavy (non-hydrogen) atoms. The Morgan fingerprint density at radius 1 is 1.43 bits per heavy atom. The number of rotatable bonds is 7. The Labute approximate surface area is 136 Å². The van der Waals surface area contributed by atoms with E-state index in [-0.39, 0.29) is 0 Å². The molecule has 2 atom stereocenters. The molecule has 1 heterocycles. The Bertz CT molecular complexity index is 433. The fourth-order valence-corrected chi connectivity index (χ4v) is 3.36. The SMILES string of the molecule is CCNC(CCC1CCCCO1)c1cc(Br)ccc1OC. The van der Waals surface area contributed by atoms with Crippen LogP contribution >= 0.6 is 15.9 Å². The van der Waals surface area contributed by atoms with Crippen LogP contribution in [0.5, 0.6) is 5.75 Å². The maximum Gasteiger partial charge on any atom is 0.123 e. The summed E-state index contributed by atoms with van der Waals surface area (Å²) in [5.74, 6) is 0.953. The first-order chi connectivity index (χ1) is 10.2. The molecule has 1 aliphatic rings. The number of hydrogen-bond donors (Lipinski definition) is 1. The van der Waals surface area contributed by atoms with Gasteiger partial charge >= 0.3 is 0 Å². The number of nitrogens with one attached hydrogen (secondary N) is 1. The van der Waals surface area contributed by atoms with Crippen molar-refractivity contribution in [1.29, 1.82) is 0 Å². The van der Waals surface area contributed by atoms with Gasteiger partial charge in [0.2, 0.25) is 0 Å². The lowest BCUT2D eigenvalue weighted by molar-refractivity contribution is 0.00853. The largest absolute Gasteiger partial charge is 0.496 e. The summed E-state index contributed by atoms with van der Waals surface area (Å²) in [5.41, 5.74) is 1.23. The smallest absolute Gasteiger partial charge is 0.123 e. The van der Waals surface area contributed by atoms with Crippen molar-refractivity contribution in [2.45, 2.75) is 51.2 Å². The standard InChI is InChI=1S/C17H26BrNO2/c1-3-19-16(9-8-14-6-4-5-11-21-14)15-12-13(18)7-10-17(15)20-2/h7,10,12,14,16,19H,3-6,8-9,11H2,1-2H3. The molecule has 3 nitrogen and oxygen atoms in total. The molecule has 0 amide bonds. The Morgan fingerprint density at radius 2 is 2.29 bits per heavy atom. The first kappa shape index (κ1) is 16.8. The highest BCUT2D eigenvalue weighted by Crippen LogP contribution is 2.32. The molecule has 118 valence electrons. The van der Waals surface area contributed by atoms with Gasteiger partial charge in [-0.15, -0.1) is 0 Å². The maximum absolute atomic E-state index is 5.85. The minimum Gasteiger partial charge on any atom is -0.496 e. The van der Waals surface area contributed by atoms with Gasteiger partial charge in [-0.3, -0.25) is 0 Å². The van der Waals surface area contributed by atoms with Crippen LogP contribution in [0, 0.1) is 0 Å². The molecule has 0 spiro atoms.